The summed E-state index contributed by atoms with van der Waals surface area (Å²) in [6.45, 7) is 3.00. The van der Waals surface area contributed by atoms with Gasteiger partial charge in [-0.25, -0.2) is 0 Å². The molecule has 0 saturated carbocycles. The van der Waals surface area contributed by atoms with Crippen molar-refractivity contribution in [1.82, 2.24) is 15.5 Å². The first-order valence-electron chi connectivity index (χ1n) is 6.96. The van der Waals surface area contributed by atoms with Gasteiger partial charge in [-0.2, -0.15) is 5.10 Å². The Kier molecular flexibility index (Phi) is 3.73. The molecule has 6 heteroatoms. The average Bonchev–Trinajstić information content (AvgIpc) is 3.13. The first-order valence-corrected chi connectivity index (χ1v) is 6.96. The zero-order chi connectivity index (χ0) is 13.9. The van der Waals surface area contributed by atoms with Crippen molar-refractivity contribution in [3.63, 3.8) is 0 Å². The topological polar surface area (TPSA) is 76.2 Å². The number of aromatic amines is 1. The Morgan fingerprint density at radius 1 is 1.50 bits per heavy atom. The molecule has 2 heterocycles. The van der Waals surface area contributed by atoms with E-state index in [1.165, 1.54) is 5.57 Å². The van der Waals surface area contributed by atoms with Gasteiger partial charge < -0.3 is 14.8 Å². The van der Waals surface area contributed by atoms with Crippen LogP contribution in [-0.2, 0) is 9.53 Å². The molecule has 1 aliphatic carbocycles. The fourth-order valence-electron chi connectivity index (χ4n) is 2.72. The van der Waals surface area contributed by atoms with E-state index in [9.17, 15) is 4.79 Å². The van der Waals surface area contributed by atoms with Gasteiger partial charge in [0.05, 0.1) is 31.6 Å². The van der Waals surface area contributed by atoms with E-state index in [4.69, 9.17) is 9.47 Å². The van der Waals surface area contributed by atoms with Crippen molar-refractivity contribution in [1.29, 1.82) is 0 Å². The predicted octanol–water partition coefficient (Wildman–Crippen LogP) is 1.17. The minimum absolute atomic E-state index is 0.0243. The Balaban J connectivity index is 1.61. The summed E-state index contributed by atoms with van der Waals surface area (Å²) in [5.41, 5.74) is 2.13. The zero-order valence-corrected chi connectivity index (χ0v) is 11.5. The van der Waals surface area contributed by atoms with Crippen LogP contribution in [0.2, 0.25) is 0 Å². The summed E-state index contributed by atoms with van der Waals surface area (Å²) in [5, 5.41) is 9.57. The lowest BCUT2D eigenvalue weighted by Gasteiger charge is -2.20. The quantitative estimate of drug-likeness (QED) is 0.866. The Labute approximate surface area is 117 Å². The van der Waals surface area contributed by atoms with Crippen molar-refractivity contribution < 1.29 is 14.3 Å². The van der Waals surface area contributed by atoms with Crippen LogP contribution in [0, 0.1) is 0 Å². The smallest absolute Gasteiger partial charge is 0.247 e. The summed E-state index contributed by atoms with van der Waals surface area (Å²) < 4.78 is 11.2. The highest BCUT2D eigenvalue weighted by Crippen LogP contribution is 2.26. The highest BCUT2D eigenvalue weighted by molar-refractivity contribution is 5.94. The van der Waals surface area contributed by atoms with Crippen LogP contribution in [0.1, 0.15) is 26.2 Å². The number of carbonyl (C=O) groups is 1. The third-order valence-corrected chi connectivity index (χ3v) is 3.87. The summed E-state index contributed by atoms with van der Waals surface area (Å²) in [6, 6.07) is -0.113. The summed E-state index contributed by atoms with van der Waals surface area (Å²) in [6.07, 6.45) is 6.10. The van der Waals surface area contributed by atoms with Crippen LogP contribution >= 0.6 is 0 Å². The molecule has 1 aliphatic heterocycles. The van der Waals surface area contributed by atoms with Crippen LogP contribution < -0.4 is 10.1 Å². The molecule has 0 aromatic carbocycles. The molecular weight excluding hydrogens is 258 g/mol. The first-order chi connectivity index (χ1) is 9.74. The molecular formula is C14H19N3O3. The van der Waals surface area contributed by atoms with E-state index >= 15 is 0 Å². The standard InChI is InChI=1S/C14H19N3O3/c1-9-3-2-4-11(9)14(18)17-12-7-19-8-13(12)20-10-5-15-16-6-10/h5-6,12-13H,2-4,7-8H2,1H3,(H,15,16)(H,17,18)/t12-,13+/m0/s1. The third kappa shape index (κ3) is 2.70. The zero-order valence-electron chi connectivity index (χ0n) is 11.5. The van der Waals surface area contributed by atoms with Crippen molar-refractivity contribution in [2.45, 2.75) is 38.3 Å². The molecule has 0 spiro atoms. The lowest BCUT2D eigenvalue weighted by molar-refractivity contribution is -0.118. The molecule has 20 heavy (non-hydrogen) atoms. The van der Waals surface area contributed by atoms with E-state index in [1.54, 1.807) is 12.4 Å². The molecule has 3 rings (SSSR count). The molecule has 1 amide bonds. The van der Waals surface area contributed by atoms with Gasteiger partial charge in [0.15, 0.2) is 5.75 Å². The minimum Gasteiger partial charge on any atom is -0.482 e. The van der Waals surface area contributed by atoms with E-state index in [-0.39, 0.29) is 18.1 Å². The van der Waals surface area contributed by atoms with Gasteiger partial charge in [-0.1, -0.05) is 5.57 Å². The van der Waals surface area contributed by atoms with Gasteiger partial charge in [0.25, 0.3) is 0 Å². The van der Waals surface area contributed by atoms with E-state index in [0.717, 1.165) is 24.8 Å². The number of aromatic nitrogens is 2. The molecule has 108 valence electrons. The number of carbonyl (C=O) groups excluding carboxylic acids is 1. The van der Waals surface area contributed by atoms with E-state index < -0.39 is 0 Å². The fourth-order valence-corrected chi connectivity index (χ4v) is 2.72. The van der Waals surface area contributed by atoms with Gasteiger partial charge >= 0.3 is 0 Å². The molecule has 1 aromatic heterocycles. The van der Waals surface area contributed by atoms with Crippen LogP contribution in [0.4, 0.5) is 0 Å². The number of H-pyrrole nitrogens is 1. The largest absolute Gasteiger partial charge is 0.482 e. The van der Waals surface area contributed by atoms with Gasteiger partial charge in [0.2, 0.25) is 5.91 Å². The highest BCUT2D eigenvalue weighted by Gasteiger charge is 2.32. The Morgan fingerprint density at radius 3 is 3.10 bits per heavy atom. The minimum atomic E-state index is -0.168. The number of ether oxygens (including phenoxy) is 2. The number of allylic oxidation sites excluding steroid dienone is 1. The number of hydrogen-bond acceptors (Lipinski definition) is 4. The van der Waals surface area contributed by atoms with Crippen molar-refractivity contribution >= 4 is 5.91 Å². The van der Waals surface area contributed by atoms with Crippen LogP contribution in [-0.4, -0.2) is 41.5 Å². The van der Waals surface area contributed by atoms with Crippen molar-refractivity contribution in [2.75, 3.05) is 13.2 Å². The van der Waals surface area contributed by atoms with E-state index in [0.29, 0.717) is 19.0 Å². The molecule has 1 saturated heterocycles. The molecule has 0 unspecified atom stereocenters. The lowest BCUT2D eigenvalue weighted by atomic mass is 10.1. The molecule has 1 fully saturated rings. The number of nitrogens with one attached hydrogen (secondary N) is 2. The molecule has 0 bridgehead atoms. The summed E-state index contributed by atoms with van der Waals surface area (Å²) in [7, 11) is 0. The summed E-state index contributed by atoms with van der Waals surface area (Å²) >= 11 is 0. The molecule has 2 atom stereocenters. The van der Waals surface area contributed by atoms with Gasteiger partial charge in [-0.3, -0.25) is 9.89 Å². The van der Waals surface area contributed by atoms with Gasteiger partial charge in [0.1, 0.15) is 6.10 Å². The Bertz CT molecular complexity index is 510. The van der Waals surface area contributed by atoms with E-state index in [2.05, 4.69) is 15.5 Å². The maximum Gasteiger partial charge on any atom is 0.247 e. The average molecular weight is 277 g/mol. The molecule has 6 nitrogen and oxygen atoms in total. The number of nitrogens with zero attached hydrogens (tertiary/aromatic N) is 1. The second-order valence-corrected chi connectivity index (χ2v) is 5.32. The SMILES string of the molecule is CC1=C(C(=O)N[C@H]2COC[C@H]2Oc2cn[nH]c2)CCC1. The second kappa shape index (κ2) is 5.66. The van der Waals surface area contributed by atoms with Crippen LogP contribution in [0.3, 0.4) is 0 Å². The normalized spacial score (nSPS) is 26.1. The first kappa shape index (κ1) is 13.2. The monoisotopic (exact) mass is 277 g/mol. The van der Waals surface area contributed by atoms with Crippen molar-refractivity contribution in [3.8, 4) is 5.75 Å². The Hall–Kier alpha value is -1.82. The summed E-state index contributed by atoms with van der Waals surface area (Å²) in [4.78, 5) is 12.3. The van der Waals surface area contributed by atoms with Crippen LogP contribution in [0.5, 0.6) is 5.75 Å². The van der Waals surface area contributed by atoms with E-state index in [1.807, 2.05) is 6.92 Å². The number of amides is 1. The third-order valence-electron chi connectivity index (χ3n) is 3.87. The van der Waals surface area contributed by atoms with Crippen molar-refractivity contribution in [3.05, 3.63) is 23.5 Å². The second-order valence-electron chi connectivity index (χ2n) is 5.32. The van der Waals surface area contributed by atoms with Crippen LogP contribution in [0.25, 0.3) is 0 Å². The highest BCUT2D eigenvalue weighted by atomic mass is 16.5. The maximum absolute atomic E-state index is 12.3. The molecule has 1 aromatic rings. The Morgan fingerprint density at radius 2 is 2.40 bits per heavy atom. The van der Waals surface area contributed by atoms with Gasteiger partial charge in [-0.15, -0.1) is 0 Å². The fraction of sp³-hybridized carbons (Fsp3) is 0.571. The predicted molar refractivity (Wildman–Crippen MR) is 72.3 cm³/mol. The molecule has 2 aliphatic rings. The summed E-state index contributed by atoms with van der Waals surface area (Å²) in [5.74, 6) is 0.687. The lowest BCUT2D eigenvalue weighted by Crippen LogP contribution is -2.45. The van der Waals surface area contributed by atoms with Gasteiger partial charge in [0, 0.05) is 5.57 Å². The maximum atomic E-state index is 12.3. The molecule has 2 N–H and O–H groups in total. The molecule has 0 radical (unpaired) electrons. The van der Waals surface area contributed by atoms with Crippen LogP contribution in [0.15, 0.2) is 23.5 Å². The van der Waals surface area contributed by atoms with Crippen molar-refractivity contribution in [2.24, 2.45) is 0 Å². The number of rotatable bonds is 4. The van der Waals surface area contributed by atoms with Gasteiger partial charge in [-0.05, 0) is 26.2 Å². The number of hydrogen-bond donors (Lipinski definition) is 2.